The Balaban J connectivity index is 1.55. The molecule has 0 bridgehead atoms. The molecule has 23 heavy (non-hydrogen) atoms. The van der Waals surface area contributed by atoms with Crippen LogP contribution in [0.25, 0.3) is 11.4 Å². The van der Waals surface area contributed by atoms with Gasteiger partial charge >= 0.3 is 0 Å². The van der Waals surface area contributed by atoms with Crippen LogP contribution in [0, 0.1) is 9.49 Å². The lowest BCUT2D eigenvalue weighted by Crippen LogP contribution is -2.38. The summed E-state index contributed by atoms with van der Waals surface area (Å²) < 4.78 is 6.43. The molecule has 5 nitrogen and oxygen atoms in total. The number of rotatable bonds is 4. The van der Waals surface area contributed by atoms with Gasteiger partial charge in [0.2, 0.25) is 17.6 Å². The van der Waals surface area contributed by atoms with Gasteiger partial charge in [-0.2, -0.15) is 4.98 Å². The first-order chi connectivity index (χ1) is 11.1. The van der Waals surface area contributed by atoms with Gasteiger partial charge in [0.15, 0.2) is 0 Å². The van der Waals surface area contributed by atoms with Crippen molar-refractivity contribution in [1.82, 2.24) is 15.0 Å². The largest absolute Gasteiger partial charge is 0.343 e. The van der Waals surface area contributed by atoms with Crippen LogP contribution >= 0.6 is 22.6 Å². The molecule has 2 aromatic rings. The van der Waals surface area contributed by atoms with Gasteiger partial charge in [-0.1, -0.05) is 24.2 Å². The zero-order chi connectivity index (χ0) is 16.2. The molecule has 2 heterocycles. The zero-order valence-corrected chi connectivity index (χ0v) is 15.3. The molecular weight excluding hydrogens is 405 g/mol. The van der Waals surface area contributed by atoms with Crippen molar-refractivity contribution in [2.75, 3.05) is 13.1 Å². The SMILES string of the molecule is CC1CCN(C(=O)CCc2nc(-c3ccc(I)cc3)no2)CC1. The molecule has 1 aliphatic rings. The van der Waals surface area contributed by atoms with Gasteiger partial charge in [0, 0.05) is 35.1 Å². The van der Waals surface area contributed by atoms with Gasteiger partial charge in [-0.15, -0.1) is 0 Å². The summed E-state index contributed by atoms with van der Waals surface area (Å²) in [5.41, 5.74) is 0.928. The van der Waals surface area contributed by atoms with Crippen LogP contribution in [0.2, 0.25) is 0 Å². The highest BCUT2D eigenvalue weighted by Crippen LogP contribution is 2.19. The van der Waals surface area contributed by atoms with E-state index in [-0.39, 0.29) is 5.91 Å². The molecule has 1 aliphatic heterocycles. The molecule has 0 saturated carbocycles. The van der Waals surface area contributed by atoms with Crippen LogP contribution in [-0.4, -0.2) is 34.0 Å². The summed E-state index contributed by atoms with van der Waals surface area (Å²) >= 11 is 2.26. The Morgan fingerprint density at radius 1 is 1.30 bits per heavy atom. The average Bonchev–Trinajstić information content (AvgIpc) is 3.03. The normalized spacial score (nSPS) is 15.8. The maximum Gasteiger partial charge on any atom is 0.227 e. The van der Waals surface area contributed by atoms with Gasteiger partial charge in [-0.05, 0) is 53.5 Å². The number of halogens is 1. The van der Waals surface area contributed by atoms with Crippen LogP contribution in [0.5, 0.6) is 0 Å². The van der Waals surface area contributed by atoms with E-state index in [2.05, 4.69) is 39.7 Å². The Bertz CT molecular complexity index is 661. The van der Waals surface area contributed by atoms with Gasteiger partial charge in [0.05, 0.1) is 0 Å². The highest BCUT2D eigenvalue weighted by atomic mass is 127. The second-order valence-electron chi connectivity index (χ2n) is 6.08. The summed E-state index contributed by atoms with van der Waals surface area (Å²) in [7, 11) is 0. The summed E-state index contributed by atoms with van der Waals surface area (Å²) in [6.45, 7) is 3.99. The molecule has 0 unspecified atom stereocenters. The van der Waals surface area contributed by atoms with Gasteiger partial charge in [0.25, 0.3) is 0 Å². The van der Waals surface area contributed by atoms with Crippen molar-refractivity contribution < 1.29 is 9.32 Å². The van der Waals surface area contributed by atoms with Crippen LogP contribution in [0.1, 0.15) is 32.1 Å². The first-order valence-corrected chi connectivity index (χ1v) is 9.06. The number of carbonyl (C=O) groups excluding carboxylic acids is 1. The van der Waals surface area contributed by atoms with Crippen LogP contribution in [-0.2, 0) is 11.2 Å². The fraction of sp³-hybridized carbons (Fsp3) is 0.471. The zero-order valence-electron chi connectivity index (χ0n) is 13.2. The van der Waals surface area contributed by atoms with Crippen LogP contribution in [0.3, 0.4) is 0 Å². The van der Waals surface area contributed by atoms with Gasteiger partial charge in [-0.3, -0.25) is 4.79 Å². The third-order valence-electron chi connectivity index (χ3n) is 4.26. The quantitative estimate of drug-likeness (QED) is 0.704. The predicted octanol–water partition coefficient (Wildman–Crippen LogP) is 3.53. The van der Waals surface area contributed by atoms with E-state index >= 15 is 0 Å². The molecule has 1 fully saturated rings. The molecule has 1 saturated heterocycles. The number of likely N-dealkylation sites (tertiary alicyclic amines) is 1. The lowest BCUT2D eigenvalue weighted by atomic mass is 9.99. The number of amides is 1. The molecule has 0 aliphatic carbocycles. The van der Waals surface area contributed by atoms with Crippen LogP contribution in [0.4, 0.5) is 0 Å². The molecule has 122 valence electrons. The fourth-order valence-corrected chi connectivity index (χ4v) is 3.06. The summed E-state index contributed by atoms with van der Waals surface area (Å²) in [6.07, 6.45) is 3.14. The number of hydrogen-bond acceptors (Lipinski definition) is 4. The fourth-order valence-electron chi connectivity index (χ4n) is 2.70. The minimum atomic E-state index is 0.186. The van der Waals surface area contributed by atoms with Crippen molar-refractivity contribution in [3.8, 4) is 11.4 Å². The molecule has 1 aromatic heterocycles. The van der Waals surface area contributed by atoms with Crippen molar-refractivity contribution in [3.05, 3.63) is 33.7 Å². The van der Waals surface area contributed by atoms with Gasteiger partial charge < -0.3 is 9.42 Å². The Morgan fingerprint density at radius 2 is 2.00 bits per heavy atom. The third-order valence-corrected chi connectivity index (χ3v) is 4.98. The van der Waals surface area contributed by atoms with Crippen molar-refractivity contribution >= 4 is 28.5 Å². The summed E-state index contributed by atoms with van der Waals surface area (Å²) in [5, 5.41) is 4.00. The first kappa shape index (κ1) is 16.4. The second kappa shape index (κ2) is 7.42. The lowest BCUT2D eigenvalue weighted by molar-refractivity contribution is -0.132. The Morgan fingerprint density at radius 3 is 2.70 bits per heavy atom. The highest BCUT2D eigenvalue weighted by Gasteiger charge is 2.20. The van der Waals surface area contributed by atoms with Gasteiger partial charge in [-0.25, -0.2) is 0 Å². The molecule has 1 aromatic carbocycles. The van der Waals surface area contributed by atoms with Crippen molar-refractivity contribution in [3.63, 3.8) is 0 Å². The summed E-state index contributed by atoms with van der Waals surface area (Å²) in [5.74, 6) is 2.02. The molecule has 0 spiro atoms. The number of aryl methyl sites for hydroxylation is 1. The smallest absolute Gasteiger partial charge is 0.227 e. The maximum absolute atomic E-state index is 12.2. The summed E-state index contributed by atoms with van der Waals surface area (Å²) in [6, 6.07) is 7.95. The van der Waals surface area contributed by atoms with Crippen molar-refractivity contribution in [2.24, 2.45) is 5.92 Å². The number of carbonyl (C=O) groups is 1. The molecule has 0 atom stereocenters. The van der Waals surface area contributed by atoms with E-state index in [1.807, 2.05) is 29.2 Å². The molecule has 0 radical (unpaired) electrons. The van der Waals surface area contributed by atoms with Crippen LogP contribution < -0.4 is 0 Å². The minimum absolute atomic E-state index is 0.186. The predicted molar refractivity (Wildman–Crippen MR) is 95.8 cm³/mol. The third kappa shape index (κ3) is 4.31. The average molecular weight is 425 g/mol. The molecule has 1 amide bonds. The Hall–Kier alpha value is -1.44. The van der Waals surface area contributed by atoms with E-state index in [1.165, 1.54) is 0 Å². The van der Waals surface area contributed by atoms with E-state index in [4.69, 9.17) is 4.52 Å². The van der Waals surface area contributed by atoms with E-state index < -0.39 is 0 Å². The second-order valence-corrected chi connectivity index (χ2v) is 7.33. The Labute approximate surface area is 149 Å². The number of piperidine rings is 1. The number of hydrogen-bond donors (Lipinski definition) is 0. The first-order valence-electron chi connectivity index (χ1n) is 7.98. The standard InChI is InChI=1S/C17H20IN3O2/c1-12-8-10-21(11-9-12)16(22)7-6-15-19-17(20-23-15)13-2-4-14(18)5-3-13/h2-5,12H,6-11H2,1H3. The van der Waals surface area contributed by atoms with Gasteiger partial charge in [0.1, 0.15) is 0 Å². The van der Waals surface area contributed by atoms with Crippen molar-refractivity contribution in [2.45, 2.75) is 32.6 Å². The van der Waals surface area contributed by atoms with E-state index in [0.29, 0.717) is 24.6 Å². The lowest BCUT2D eigenvalue weighted by Gasteiger charge is -2.30. The minimum Gasteiger partial charge on any atom is -0.343 e. The maximum atomic E-state index is 12.2. The topological polar surface area (TPSA) is 59.2 Å². The molecule has 0 N–H and O–H groups in total. The monoisotopic (exact) mass is 425 g/mol. The van der Waals surface area contributed by atoms with E-state index in [0.717, 1.165) is 41.0 Å². The van der Waals surface area contributed by atoms with Crippen molar-refractivity contribution in [1.29, 1.82) is 0 Å². The van der Waals surface area contributed by atoms with E-state index in [1.54, 1.807) is 0 Å². The number of nitrogens with zero attached hydrogens (tertiary/aromatic N) is 3. The number of benzene rings is 1. The Kier molecular flexibility index (Phi) is 5.30. The number of aromatic nitrogens is 2. The molecule has 6 heteroatoms. The molecule has 3 rings (SSSR count). The summed E-state index contributed by atoms with van der Waals surface area (Å²) in [4.78, 5) is 18.6. The highest BCUT2D eigenvalue weighted by molar-refractivity contribution is 14.1. The molecular formula is C17H20IN3O2. The van der Waals surface area contributed by atoms with E-state index in [9.17, 15) is 4.79 Å². The van der Waals surface area contributed by atoms with Crippen LogP contribution in [0.15, 0.2) is 28.8 Å².